The van der Waals surface area contributed by atoms with E-state index in [-0.39, 0.29) is 0 Å². The molecule has 1 aromatic heterocycles. The summed E-state index contributed by atoms with van der Waals surface area (Å²) in [4.78, 5) is 16.2. The molecule has 0 bridgehead atoms. The van der Waals surface area contributed by atoms with E-state index in [0.29, 0.717) is 12.0 Å². The second-order valence-corrected chi connectivity index (χ2v) is 4.83. The molecule has 0 atom stereocenters. The first-order valence-electron chi connectivity index (χ1n) is 5.66. The summed E-state index contributed by atoms with van der Waals surface area (Å²) in [7, 11) is 0. The molecule has 0 saturated carbocycles. The quantitative estimate of drug-likeness (QED) is 0.783. The Morgan fingerprint density at radius 2 is 2.22 bits per heavy atom. The molecule has 0 unspecified atom stereocenters. The van der Waals surface area contributed by atoms with E-state index >= 15 is 0 Å². The normalized spacial score (nSPS) is 10.4. The average molecular weight is 262 g/mol. The van der Waals surface area contributed by atoms with Crippen LogP contribution in [0.25, 0.3) is 0 Å². The molecule has 5 heteroatoms. The summed E-state index contributed by atoms with van der Waals surface area (Å²) in [6, 6.07) is 7.11. The van der Waals surface area contributed by atoms with Crippen molar-refractivity contribution in [1.29, 1.82) is 0 Å². The maximum absolute atomic E-state index is 11.0. The number of carboxylic acid groups (broad SMARTS) is 1. The van der Waals surface area contributed by atoms with E-state index in [1.165, 1.54) is 4.88 Å². The van der Waals surface area contributed by atoms with Crippen LogP contribution in [0.5, 0.6) is 0 Å². The number of carbonyl (C=O) groups is 1. The van der Waals surface area contributed by atoms with Crippen LogP contribution >= 0.6 is 11.3 Å². The molecule has 1 aromatic carbocycles. The summed E-state index contributed by atoms with van der Waals surface area (Å²) in [6.07, 6.45) is 2.55. The third kappa shape index (κ3) is 3.38. The molecule has 18 heavy (non-hydrogen) atoms. The fourth-order valence-electron chi connectivity index (χ4n) is 1.71. The van der Waals surface area contributed by atoms with Gasteiger partial charge in [-0.3, -0.25) is 4.98 Å². The van der Waals surface area contributed by atoms with Gasteiger partial charge in [0.1, 0.15) is 0 Å². The number of hydrogen-bond donors (Lipinski definition) is 2. The number of aromatic carboxylic acids is 1. The first kappa shape index (κ1) is 12.7. The summed E-state index contributed by atoms with van der Waals surface area (Å²) in [5.74, 6) is -0.868. The predicted molar refractivity (Wildman–Crippen MR) is 70.9 cm³/mol. The van der Waals surface area contributed by atoms with E-state index in [1.807, 2.05) is 18.3 Å². The van der Waals surface area contributed by atoms with Crippen molar-refractivity contribution in [2.24, 2.45) is 0 Å². The Balaban J connectivity index is 1.85. The Morgan fingerprint density at radius 1 is 1.39 bits per heavy atom. The fourth-order valence-corrected chi connectivity index (χ4v) is 2.28. The highest BCUT2D eigenvalue weighted by molar-refractivity contribution is 7.09. The van der Waals surface area contributed by atoms with E-state index in [1.54, 1.807) is 29.0 Å². The standard InChI is InChI=1S/C13H14N2O2S/c16-13(17)12-4-2-1-3-10(12)5-6-14-7-11-8-15-9-18-11/h1-4,8-9,14H,5-7H2,(H,16,17). The lowest BCUT2D eigenvalue weighted by Crippen LogP contribution is -2.17. The largest absolute Gasteiger partial charge is 0.478 e. The third-order valence-corrected chi connectivity index (χ3v) is 3.38. The van der Waals surface area contributed by atoms with Crippen molar-refractivity contribution in [2.45, 2.75) is 13.0 Å². The van der Waals surface area contributed by atoms with E-state index in [2.05, 4.69) is 10.3 Å². The Bertz CT molecular complexity index is 511. The van der Waals surface area contributed by atoms with Crippen molar-refractivity contribution in [1.82, 2.24) is 10.3 Å². The summed E-state index contributed by atoms with van der Waals surface area (Å²) in [5, 5.41) is 12.3. The summed E-state index contributed by atoms with van der Waals surface area (Å²) >= 11 is 1.61. The van der Waals surface area contributed by atoms with Crippen LogP contribution in [0.3, 0.4) is 0 Å². The maximum atomic E-state index is 11.0. The van der Waals surface area contributed by atoms with Gasteiger partial charge in [-0.25, -0.2) is 4.79 Å². The number of thiazole rings is 1. The van der Waals surface area contributed by atoms with Gasteiger partial charge in [0, 0.05) is 17.6 Å². The second kappa shape index (κ2) is 6.28. The third-order valence-electron chi connectivity index (χ3n) is 2.60. The minimum absolute atomic E-state index is 0.386. The SMILES string of the molecule is O=C(O)c1ccccc1CCNCc1cncs1. The monoisotopic (exact) mass is 262 g/mol. The molecular weight excluding hydrogens is 248 g/mol. The highest BCUT2D eigenvalue weighted by Crippen LogP contribution is 2.09. The van der Waals surface area contributed by atoms with Gasteiger partial charge in [-0.15, -0.1) is 11.3 Å². The van der Waals surface area contributed by atoms with Crippen molar-refractivity contribution >= 4 is 17.3 Å². The predicted octanol–water partition coefficient (Wildman–Crippen LogP) is 2.17. The lowest BCUT2D eigenvalue weighted by molar-refractivity contribution is 0.0695. The van der Waals surface area contributed by atoms with E-state index < -0.39 is 5.97 Å². The first-order chi connectivity index (χ1) is 8.77. The molecule has 0 aliphatic carbocycles. The van der Waals surface area contributed by atoms with Gasteiger partial charge >= 0.3 is 5.97 Å². The molecule has 0 fully saturated rings. The van der Waals surface area contributed by atoms with E-state index in [9.17, 15) is 4.79 Å². The fraction of sp³-hybridized carbons (Fsp3) is 0.231. The topological polar surface area (TPSA) is 62.2 Å². The molecule has 0 saturated heterocycles. The van der Waals surface area contributed by atoms with E-state index in [4.69, 9.17) is 5.11 Å². The Hall–Kier alpha value is -1.72. The van der Waals surface area contributed by atoms with Crippen molar-refractivity contribution in [3.05, 3.63) is 52.0 Å². The summed E-state index contributed by atoms with van der Waals surface area (Å²) in [5.41, 5.74) is 3.05. The zero-order valence-electron chi connectivity index (χ0n) is 9.80. The van der Waals surface area contributed by atoms with Crippen LogP contribution in [0, 0.1) is 0 Å². The van der Waals surface area contributed by atoms with Crippen LogP contribution < -0.4 is 5.32 Å². The van der Waals surface area contributed by atoms with Crippen LogP contribution in [0.15, 0.2) is 36.0 Å². The summed E-state index contributed by atoms with van der Waals surface area (Å²) < 4.78 is 0. The molecule has 0 spiro atoms. The van der Waals surface area contributed by atoms with Crippen LogP contribution in [0.4, 0.5) is 0 Å². The van der Waals surface area contributed by atoms with Crippen molar-refractivity contribution in [3.63, 3.8) is 0 Å². The summed E-state index contributed by atoms with van der Waals surface area (Å²) in [6.45, 7) is 1.53. The van der Waals surface area contributed by atoms with Gasteiger partial charge in [-0.05, 0) is 24.6 Å². The van der Waals surface area contributed by atoms with Gasteiger partial charge in [-0.1, -0.05) is 18.2 Å². The molecule has 2 rings (SSSR count). The van der Waals surface area contributed by atoms with Crippen molar-refractivity contribution < 1.29 is 9.90 Å². The maximum Gasteiger partial charge on any atom is 0.335 e. The molecular formula is C13H14N2O2S. The van der Waals surface area contributed by atoms with Gasteiger partial charge in [0.05, 0.1) is 11.1 Å². The highest BCUT2D eigenvalue weighted by atomic mass is 32.1. The van der Waals surface area contributed by atoms with E-state index in [0.717, 1.165) is 18.7 Å². The van der Waals surface area contributed by atoms with Crippen molar-refractivity contribution in [2.75, 3.05) is 6.54 Å². The number of nitrogens with zero attached hydrogens (tertiary/aromatic N) is 1. The molecule has 1 heterocycles. The van der Waals surface area contributed by atoms with Gasteiger partial charge in [0.15, 0.2) is 0 Å². The Labute approximate surface area is 109 Å². The second-order valence-electron chi connectivity index (χ2n) is 3.86. The lowest BCUT2D eigenvalue weighted by atomic mass is 10.0. The Morgan fingerprint density at radius 3 is 2.94 bits per heavy atom. The van der Waals surface area contributed by atoms with Crippen LogP contribution in [0.2, 0.25) is 0 Å². The smallest absolute Gasteiger partial charge is 0.335 e. The van der Waals surface area contributed by atoms with Gasteiger partial charge in [0.25, 0.3) is 0 Å². The zero-order valence-corrected chi connectivity index (χ0v) is 10.6. The number of hydrogen-bond acceptors (Lipinski definition) is 4. The zero-order chi connectivity index (χ0) is 12.8. The molecule has 94 valence electrons. The Kier molecular flexibility index (Phi) is 4.44. The molecule has 0 aliphatic heterocycles. The average Bonchev–Trinajstić information content (AvgIpc) is 2.88. The van der Waals surface area contributed by atoms with Crippen molar-refractivity contribution in [3.8, 4) is 0 Å². The van der Waals surface area contributed by atoms with Gasteiger partial charge in [-0.2, -0.15) is 0 Å². The van der Waals surface area contributed by atoms with Gasteiger partial charge in [0.2, 0.25) is 0 Å². The number of benzene rings is 1. The molecule has 2 aromatic rings. The number of carboxylic acids is 1. The number of rotatable bonds is 6. The van der Waals surface area contributed by atoms with Crippen LogP contribution in [-0.4, -0.2) is 22.6 Å². The molecule has 4 nitrogen and oxygen atoms in total. The minimum Gasteiger partial charge on any atom is -0.478 e. The minimum atomic E-state index is -0.868. The van der Waals surface area contributed by atoms with Crippen LogP contribution in [-0.2, 0) is 13.0 Å². The number of aromatic nitrogens is 1. The van der Waals surface area contributed by atoms with Crippen LogP contribution in [0.1, 0.15) is 20.8 Å². The molecule has 0 aliphatic rings. The number of nitrogens with one attached hydrogen (secondary N) is 1. The molecule has 2 N–H and O–H groups in total. The first-order valence-corrected chi connectivity index (χ1v) is 6.54. The highest BCUT2D eigenvalue weighted by Gasteiger charge is 2.07. The molecule has 0 amide bonds. The molecule has 0 radical (unpaired) electrons. The lowest BCUT2D eigenvalue weighted by Gasteiger charge is -2.06. The van der Waals surface area contributed by atoms with Gasteiger partial charge < -0.3 is 10.4 Å².